The molecule has 0 spiro atoms. The van der Waals surface area contributed by atoms with E-state index in [1.54, 1.807) is 18.5 Å². The number of rotatable bonds is 8. The first-order valence-electron chi connectivity index (χ1n) is 13.1. The topological polar surface area (TPSA) is 92.5 Å². The Morgan fingerprint density at radius 1 is 1.18 bits per heavy atom. The Morgan fingerprint density at radius 2 is 1.97 bits per heavy atom. The van der Waals surface area contributed by atoms with E-state index in [-0.39, 0.29) is 29.6 Å². The minimum Gasteiger partial charge on any atom is -0.389 e. The number of anilines is 1. The van der Waals surface area contributed by atoms with Gasteiger partial charge in [-0.2, -0.15) is 13.2 Å². The molecule has 0 atom stereocenters. The molecular weight excluding hydrogens is 511 g/mol. The predicted molar refractivity (Wildman–Crippen MR) is 136 cm³/mol. The van der Waals surface area contributed by atoms with E-state index in [1.165, 1.54) is 4.90 Å². The van der Waals surface area contributed by atoms with Gasteiger partial charge in [0, 0.05) is 43.2 Å². The van der Waals surface area contributed by atoms with Crippen LogP contribution in [0.3, 0.4) is 0 Å². The number of ether oxygens (including phenoxy) is 1. The Balaban J connectivity index is 1.27. The van der Waals surface area contributed by atoms with Crippen molar-refractivity contribution in [3.63, 3.8) is 0 Å². The third-order valence-corrected chi connectivity index (χ3v) is 8.30. The van der Waals surface area contributed by atoms with E-state index in [2.05, 4.69) is 15.5 Å². The molecule has 2 aromatic carbocycles. The highest BCUT2D eigenvalue weighted by atomic mass is 19.4. The molecule has 2 N–H and O–H groups in total. The van der Waals surface area contributed by atoms with Gasteiger partial charge in [0.2, 0.25) is 0 Å². The zero-order valence-corrected chi connectivity index (χ0v) is 21.6. The second kappa shape index (κ2) is 9.42. The highest BCUT2D eigenvalue weighted by molar-refractivity contribution is 6.10. The zero-order valence-electron chi connectivity index (χ0n) is 21.6. The third kappa shape index (κ3) is 4.72. The number of carbonyl (C=O) groups is 1. The van der Waals surface area contributed by atoms with Crippen LogP contribution in [0.4, 0.5) is 18.9 Å². The van der Waals surface area contributed by atoms with Crippen molar-refractivity contribution < 1.29 is 27.8 Å². The number of nitrogens with zero attached hydrogens (tertiary/aromatic N) is 4. The molecule has 1 aliphatic carbocycles. The number of alkyl halides is 3. The van der Waals surface area contributed by atoms with Crippen LogP contribution in [-0.4, -0.2) is 51.1 Å². The number of hydrogen-bond donors (Lipinski definition) is 2. The van der Waals surface area contributed by atoms with Crippen LogP contribution in [0, 0.1) is 0 Å². The summed E-state index contributed by atoms with van der Waals surface area (Å²) in [5.41, 5.74) is -0.0513. The normalized spacial score (nSPS) is 19.5. The molecular formula is C28H30F3N5O3. The Kier molecular flexibility index (Phi) is 6.28. The van der Waals surface area contributed by atoms with Gasteiger partial charge in [-0.05, 0) is 60.2 Å². The maximum Gasteiger partial charge on any atom is 0.416 e. The van der Waals surface area contributed by atoms with Gasteiger partial charge in [-0.3, -0.25) is 4.79 Å². The van der Waals surface area contributed by atoms with E-state index in [9.17, 15) is 23.1 Å². The highest BCUT2D eigenvalue weighted by Crippen LogP contribution is 2.41. The molecule has 206 valence electrons. The first-order valence-corrected chi connectivity index (χ1v) is 13.1. The molecule has 1 saturated heterocycles. The molecule has 0 radical (unpaired) electrons. The summed E-state index contributed by atoms with van der Waals surface area (Å²) in [5, 5.41) is 21.5. The Hall–Kier alpha value is -3.28. The number of halogens is 3. The molecule has 8 nitrogen and oxygen atoms in total. The van der Waals surface area contributed by atoms with Gasteiger partial charge in [0.25, 0.3) is 5.91 Å². The summed E-state index contributed by atoms with van der Waals surface area (Å²) in [6.45, 7) is 1.22. The van der Waals surface area contributed by atoms with Crippen molar-refractivity contribution in [2.45, 2.75) is 56.0 Å². The molecule has 1 amide bonds. The average molecular weight is 542 g/mol. The predicted octanol–water partition coefficient (Wildman–Crippen LogP) is 3.51. The Bertz CT molecular complexity index is 1410. The molecule has 2 aliphatic heterocycles. The van der Waals surface area contributed by atoms with E-state index >= 15 is 0 Å². The van der Waals surface area contributed by atoms with Crippen LogP contribution in [0.2, 0.25) is 0 Å². The Labute approximate surface area is 223 Å². The fraction of sp³-hybridized carbons (Fsp3) is 0.464. The highest BCUT2D eigenvalue weighted by Gasteiger charge is 2.43. The van der Waals surface area contributed by atoms with E-state index in [0.29, 0.717) is 50.3 Å². The number of aryl methyl sites for hydroxylation is 1. The van der Waals surface area contributed by atoms with Gasteiger partial charge in [0.05, 0.1) is 30.9 Å². The molecule has 11 heteroatoms. The van der Waals surface area contributed by atoms with Crippen molar-refractivity contribution in [3.8, 4) is 0 Å². The summed E-state index contributed by atoms with van der Waals surface area (Å²) in [6, 6.07) is 10.1. The SMILES string of the molecule is Cn1cnnc1CC1(c2cccc(N3Cc4c(cc(CNCC5(O)CCC5)cc4C(F)(F)F)C3=O)c2)COC1. The summed E-state index contributed by atoms with van der Waals surface area (Å²) in [6.07, 6.45) is -0.0862. The molecule has 0 unspecified atom stereocenters. The first-order chi connectivity index (χ1) is 18.6. The van der Waals surface area contributed by atoms with Crippen molar-refractivity contribution in [1.82, 2.24) is 20.1 Å². The standard InChI is InChI=1S/C28H30F3N5O3/c1-35-17-33-34-24(35)11-26(15-39-16-26)19-4-2-5-20(10-19)36-13-22-21(25(36)37)8-18(9-23(22)28(29,30)31)12-32-14-27(38)6-3-7-27/h2,4-5,8-10,17,32,38H,3,6-7,11-16H2,1H3. The van der Waals surface area contributed by atoms with Crippen LogP contribution in [0.25, 0.3) is 0 Å². The molecule has 1 saturated carbocycles. The number of benzene rings is 2. The third-order valence-electron chi connectivity index (χ3n) is 8.30. The number of carbonyl (C=O) groups excluding carboxylic acids is 1. The molecule has 0 bridgehead atoms. The number of hydrogen-bond acceptors (Lipinski definition) is 6. The van der Waals surface area contributed by atoms with Gasteiger partial charge >= 0.3 is 6.18 Å². The van der Waals surface area contributed by atoms with Crippen molar-refractivity contribution in [3.05, 3.63) is 76.4 Å². The molecule has 39 heavy (non-hydrogen) atoms. The minimum absolute atomic E-state index is 0.0138. The lowest BCUT2D eigenvalue weighted by Gasteiger charge is -2.42. The van der Waals surface area contributed by atoms with Gasteiger partial charge in [0.15, 0.2) is 0 Å². The van der Waals surface area contributed by atoms with Crippen LogP contribution < -0.4 is 10.2 Å². The maximum atomic E-state index is 14.1. The molecule has 3 aromatic rings. The second-order valence-corrected chi connectivity index (χ2v) is 11.1. The Morgan fingerprint density at radius 3 is 2.59 bits per heavy atom. The van der Waals surface area contributed by atoms with Crippen molar-refractivity contribution in [1.29, 1.82) is 0 Å². The fourth-order valence-electron chi connectivity index (χ4n) is 5.73. The summed E-state index contributed by atoms with van der Waals surface area (Å²) in [4.78, 5) is 14.9. The lowest BCUT2D eigenvalue weighted by molar-refractivity contribution is -0.138. The molecule has 6 rings (SSSR count). The van der Waals surface area contributed by atoms with Gasteiger partial charge in [-0.25, -0.2) is 0 Å². The van der Waals surface area contributed by atoms with E-state index < -0.39 is 23.2 Å². The van der Waals surface area contributed by atoms with Crippen molar-refractivity contribution in [2.24, 2.45) is 7.05 Å². The van der Waals surface area contributed by atoms with Crippen LogP contribution in [0.5, 0.6) is 0 Å². The summed E-state index contributed by atoms with van der Waals surface area (Å²) < 4.78 is 49.8. The lowest BCUT2D eigenvalue weighted by Crippen LogP contribution is -2.49. The number of aliphatic hydroxyl groups is 1. The van der Waals surface area contributed by atoms with Crippen LogP contribution in [-0.2, 0) is 42.9 Å². The number of amides is 1. The number of aromatic nitrogens is 3. The van der Waals surface area contributed by atoms with Crippen LogP contribution in [0.15, 0.2) is 42.7 Å². The van der Waals surface area contributed by atoms with Gasteiger partial charge < -0.3 is 24.6 Å². The molecule has 2 fully saturated rings. The van der Waals surface area contributed by atoms with E-state index in [1.807, 2.05) is 29.8 Å². The van der Waals surface area contributed by atoms with Crippen molar-refractivity contribution >= 4 is 11.6 Å². The maximum absolute atomic E-state index is 14.1. The zero-order chi connectivity index (χ0) is 27.4. The number of nitrogens with one attached hydrogen (secondary N) is 1. The quantitative estimate of drug-likeness (QED) is 0.454. The van der Waals surface area contributed by atoms with Crippen LogP contribution >= 0.6 is 0 Å². The summed E-state index contributed by atoms with van der Waals surface area (Å²) in [5.74, 6) is 0.341. The lowest BCUT2D eigenvalue weighted by atomic mass is 9.75. The van der Waals surface area contributed by atoms with Gasteiger partial charge in [-0.15, -0.1) is 10.2 Å². The van der Waals surface area contributed by atoms with Crippen molar-refractivity contribution in [2.75, 3.05) is 24.7 Å². The van der Waals surface area contributed by atoms with E-state index in [4.69, 9.17) is 4.74 Å². The first kappa shape index (κ1) is 26.0. The van der Waals surface area contributed by atoms with Crippen LogP contribution in [0.1, 0.15) is 57.7 Å². The molecule has 3 aliphatic rings. The van der Waals surface area contributed by atoms with Gasteiger partial charge in [-0.1, -0.05) is 12.1 Å². The second-order valence-electron chi connectivity index (χ2n) is 11.1. The monoisotopic (exact) mass is 541 g/mol. The smallest absolute Gasteiger partial charge is 0.389 e. The van der Waals surface area contributed by atoms with Gasteiger partial charge in [0.1, 0.15) is 12.2 Å². The fourth-order valence-corrected chi connectivity index (χ4v) is 5.73. The molecule has 3 heterocycles. The van der Waals surface area contributed by atoms with E-state index in [0.717, 1.165) is 23.9 Å². The summed E-state index contributed by atoms with van der Waals surface area (Å²) in [7, 11) is 1.87. The minimum atomic E-state index is -4.60. The number of fused-ring (bicyclic) bond motifs is 1. The summed E-state index contributed by atoms with van der Waals surface area (Å²) >= 11 is 0. The molecule has 1 aromatic heterocycles. The largest absolute Gasteiger partial charge is 0.416 e. The average Bonchev–Trinajstić information content (AvgIpc) is 3.41.